The predicted octanol–water partition coefficient (Wildman–Crippen LogP) is 2.54. The summed E-state index contributed by atoms with van der Waals surface area (Å²) in [7, 11) is 1.48. The highest BCUT2D eigenvalue weighted by molar-refractivity contribution is 9.10. The first-order valence-corrected chi connectivity index (χ1v) is 9.43. The number of nitrogens with one attached hydrogen (secondary N) is 3. The summed E-state index contributed by atoms with van der Waals surface area (Å²) in [6.07, 6.45) is 3.43. The maximum absolute atomic E-state index is 12.3. The number of fused-ring (bicyclic) bond motifs is 1. The molecule has 0 aromatic carbocycles. The van der Waals surface area contributed by atoms with E-state index in [2.05, 4.69) is 41.4 Å². The quantitative estimate of drug-likeness (QED) is 0.568. The van der Waals surface area contributed by atoms with E-state index in [-0.39, 0.29) is 11.9 Å². The first-order valence-electron chi connectivity index (χ1n) is 8.64. The SMILES string of the molecule is CO[C@@H](C)C(=O)Nc1c[nH]c2ncc(Br)c(N3CCC[C@@H](NC(=O)O)C3)c12. The molecule has 3 heterocycles. The van der Waals surface area contributed by atoms with Crippen molar-refractivity contribution < 1.29 is 19.4 Å². The van der Waals surface area contributed by atoms with E-state index in [0.29, 0.717) is 17.9 Å². The maximum atomic E-state index is 12.3. The van der Waals surface area contributed by atoms with Crippen LogP contribution in [-0.2, 0) is 9.53 Å². The van der Waals surface area contributed by atoms with Crippen LogP contribution in [0.15, 0.2) is 16.9 Å². The van der Waals surface area contributed by atoms with Crippen LogP contribution >= 0.6 is 15.9 Å². The number of H-pyrrole nitrogens is 1. The number of amides is 2. The number of carbonyl (C=O) groups is 2. The minimum Gasteiger partial charge on any atom is -0.465 e. The van der Waals surface area contributed by atoms with Gasteiger partial charge in [-0.15, -0.1) is 0 Å². The molecule has 4 N–H and O–H groups in total. The Morgan fingerprint density at radius 2 is 2.30 bits per heavy atom. The Morgan fingerprint density at radius 1 is 1.52 bits per heavy atom. The zero-order chi connectivity index (χ0) is 19.6. The van der Waals surface area contributed by atoms with Gasteiger partial charge in [0.05, 0.1) is 21.2 Å². The number of aromatic amines is 1. The average molecular weight is 440 g/mol. The lowest BCUT2D eigenvalue weighted by Gasteiger charge is -2.35. The van der Waals surface area contributed by atoms with E-state index in [1.807, 2.05) is 0 Å². The fourth-order valence-electron chi connectivity index (χ4n) is 3.28. The van der Waals surface area contributed by atoms with Crippen LogP contribution in [0.2, 0.25) is 0 Å². The summed E-state index contributed by atoms with van der Waals surface area (Å²) in [5.74, 6) is -0.256. The van der Waals surface area contributed by atoms with Gasteiger partial charge in [0.15, 0.2) is 0 Å². The Balaban J connectivity index is 1.96. The lowest BCUT2D eigenvalue weighted by Crippen LogP contribution is -2.47. The number of halogens is 1. The van der Waals surface area contributed by atoms with E-state index < -0.39 is 12.2 Å². The van der Waals surface area contributed by atoms with Crippen LogP contribution < -0.4 is 15.5 Å². The van der Waals surface area contributed by atoms with Gasteiger partial charge in [-0.05, 0) is 35.7 Å². The van der Waals surface area contributed by atoms with Gasteiger partial charge in [0.1, 0.15) is 11.8 Å². The van der Waals surface area contributed by atoms with Gasteiger partial charge in [0.2, 0.25) is 0 Å². The van der Waals surface area contributed by atoms with E-state index in [0.717, 1.165) is 34.9 Å². The van der Waals surface area contributed by atoms with Gasteiger partial charge in [-0.1, -0.05) is 0 Å². The minimum absolute atomic E-state index is 0.156. The number of nitrogens with zero attached hydrogens (tertiary/aromatic N) is 2. The lowest BCUT2D eigenvalue weighted by atomic mass is 10.0. The molecule has 1 aliphatic rings. The van der Waals surface area contributed by atoms with Crippen LogP contribution in [-0.4, -0.2) is 59.4 Å². The number of ether oxygens (including phenoxy) is 1. The fourth-order valence-corrected chi connectivity index (χ4v) is 3.83. The molecule has 2 aromatic heterocycles. The number of pyridine rings is 1. The number of hydrogen-bond donors (Lipinski definition) is 4. The number of carbonyl (C=O) groups excluding carboxylic acids is 1. The van der Waals surface area contributed by atoms with Crippen LogP contribution in [0.25, 0.3) is 11.0 Å². The number of methoxy groups -OCH3 is 1. The molecule has 10 heteroatoms. The number of aromatic nitrogens is 2. The molecule has 3 rings (SSSR count). The highest BCUT2D eigenvalue weighted by atomic mass is 79.9. The monoisotopic (exact) mass is 439 g/mol. The van der Waals surface area contributed by atoms with E-state index >= 15 is 0 Å². The molecule has 27 heavy (non-hydrogen) atoms. The van der Waals surface area contributed by atoms with Crippen molar-refractivity contribution in [2.75, 3.05) is 30.4 Å². The molecule has 0 bridgehead atoms. The van der Waals surface area contributed by atoms with Crippen LogP contribution in [0.5, 0.6) is 0 Å². The number of hydrogen-bond acceptors (Lipinski definition) is 5. The number of rotatable bonds is 5. The van der Waals surface area contributed by atoms with Crippen molar-refractivity contribution in [1.82, 2.24) is 15.3 Å². The third-order valence-corrected chi connectivity index (χ3v) is 5.26. The number of carboxylic acid groups (broad SMARTS) is 1. The van der Waals surface area contributed by atoms with Crippen LogP contribution in [0.1, 0.15) is 19.8 Å². The summed E-state index contributed by atoms with van der Waals surface area (Å²) in [6.45, 7) is 2.99. The van der Waals surface area contributed by atoms with Crippen LogP contribution in [0, 0.1) is 0 Å². The third kappa shape index (κ3) is 4.16. The van der Waals surface area contributed by atoms with Crippen molar-refractivity contribution in [1.29, 1.82) is 0 Å². The third-order valence-electron chi connectivity index (χ3n) is 4.68. The first-order chi connectivity index (χ1) is 12.9. The minimum atomic E-state index is -1.02. The van der Waals surface area contributed by atoms with Crippen molar-refractivity contribution in [3.05, 3.63) is 16.9 Å². The summed E-state index contributed by atoms with van der Waals surface area (Å²) < 4.78 is 5.85. The summed E-state index contributed by atoms with van der Waals surface area (Å²) in [5.41, 5.74) is 2.12. The molecule has 9 nitrogen and oxygen atoms in total. The van der Waals surface area contributed by atoms with Crippen LogP contribution in [0.4, 0.5) is 16.2 Å². The van der Waals surface area contributed by atoms with Gasteiger partial charge in [-0.25, -0.2) is 9.78 Å². The number of anilines is 2. The highest BCUT2D eigenvalue weighted by Gasteiger charge is 2.26. The van der Waals surface area contributed by atoms with Crippen molar-refractivity contribution in [3.8, 4) is 0 Å². The normalized spacial score (nSPS) is 18.3. The van der Waals surface area contributed by atoms with Crippen molar-refractivity contribution in [2.45, 2.75) is 31.9 Å². The van der Waals surface area contributed by atoms with Crippen LogP contribution in [0.3, 0.4) is 0 Å². The zero-order valence-corrected chi connectivity index (χ0v) is 16.7. The van der Waals surface area contributed by atoms with Gasteiger partial charge < -0.3 is 30.4 Å². The molecule has 0 spiro atoms. The highest BCUT2D eigenvalue weighted by Crippen LogP contribution is 2.39. The van der Waals surface area contributed by atoms with E-state index in [9.17, 15) is 9.59 Å². The van der Waals surface area contributed by atoms with Gasteiger partial charge in [-0.2, -0.15) is 0 Å². The molecule has 2 aromatic rings. The molecule has 0 unspecified atom stereocenters. The molecule has 1 saturated heterocycles. The Hall–Kier alpha value is -2.33. The molecule has 2 atom stereocenters. The maximum Gasteiger partial charge on any atom is 0.404 e. The first kappa shape index (κ1) is 19.4. The van der Waals surface area contributed by atoms with Gasteiger partial charge >= 0.3 is 6.09 Å². The molecule has 0 saturated carbocycles. The lowest BCUT2D eigenvalue weighted by molar-refractivity contribution is -0.124. The topological polar surface area (TPSA) is 120 Å². The van der Waals surface area contributed by atoms with Gasteiger partial charge in [0, 0.05) is 38.6 Å². The Labute approximate surface area is 164 Å². The van der Waals surface area contributed by atoms with Crippen molar-refractivity contribution in [3.63, 3.8) is 0 Å². The molecular formula is C17H22BrN5O4. The summed E-state index contributed by atoms with van der Waals surface area (Å²) in [5, 5.41) is 15.2. The molecule has 146 valence electrons. The van der Waals surface area contributed by atoms with Crippen molar-refractivity contribution >= 4 is 50.3 Å². The fraction of sp³-hybridized carbons (Fsp3) is 0.471. The summed E-state index contributed by atoms with van der Waals surface area (Å²) >= 11 is 3.56. The zero-order valence-electron chi connectivity index (χ0n) is 15.1. The molecule has 1 aliphatic heterocycles. The summed E-state index contributed by atoms with van der Waals surface area (Å²) in [4.78, 5) is 32.8. The molecule has 0 aliphatic carbocycles. The molecule has 0 radical (unpaired) electrons. The standard InChI is InChI=1S/C17H22BrN5O4/c1-9(27-2)16(24)22-12-7-20-15-13(12)14(11(18)6-19-15)23-5-3-4-10(8-23)21-17(25)26/h6-7,9-10,21H,3-5,8H2,1-2H3,(H,19,20)(H,22,24)(H,25,26)/t9-,10+/m0/s1. The second kappa shape index (κ2) is 8.13. The number of piperidine rings is 1. The Bertz CT molecular complexity index is 855. The van der Waals surface area contributed by atoms with Gasteiger partial charge in [-0.3, -0.25) is 4.79 Å². The molecule has 1 fully saturated rings. The van der Waals surface area contributed by atoms with E-state index in [1.54, 1.807) is 19.3 Å². The smallest absolute Gasteiger partial charge is 0.404 e. The Morgan fingerprint density at radius 3 is 3.00 bits per heavy atom. The average Bonchev–Trinajstić information content (AvgIpc) is 3.03. The second-order valence-electron chi connectivity index (χ2n) is 6.48. The van der Waals surface area contributed by atoms with E-state index in [1.165, 1.54) is 7.11 Å². The second-order valence-corrected chi connectivity index (χ2v) is 7.34. The predicted molar refractivity (Wildman–Crippen MR) is 105 cm³/mol. The van der Waals surface area contributed by atoms with E-state index in [4.69, 9.17) is 9.84 Å². The molecule has 2 amide bonds. The summed E-state index contributed by atoms with van der Waals surface area (Å²) in [6, 6.07) is -0.156. The largest absolute Gasteiger partial charge is 0.465 e. The van der Waals surface area contributed by atoms with Gasteiger partial charge in [0.25, 0.3) is 5.91 Å². The Kier molecular flexibility index (Phi) is 5.85. The van der Waals surface area contributed by atoms with Crippen molar-refractivity contribution in [2.24, 2.45) is 0 Å². The molecular weight excluding hydrogens is 418 g/mol.